The lowest BCUT2D eigenvalue weighted by molar-refractivity contribution is -0.385. The van der Waals surface area contributed by atoms with Crippen LogP contribution in [0.25, 0.3) is 0 Å². The third-order valence-electron chi connectivity index (χ3n) is 3.43. The molecule has 1 aromatic carbocycles. The maximum absolute atomic E-state index is 10.9. The molecule has 0 spiro atoms. The summed E-state index contributed by atoms with van der Waals surface area (Å²) in [5.41, 5.74) is 0.767. The zero-order valence-electron chi connectivity index (χ0n) is 11.0. The van der Waals surface area contributed by atoms with Crippen molar-refractivity contribution in [1.29, 1.82) is 0 Å². The van der Waals surface area contributed by atoms with Crippen molar-refractivity contribution in [2.45, 2.75) is 12.8 Å². The summed E-state index contributed by atoms with van der Waals surface area (Å²) in [6, 6.07) is 4.97. The van der Waals surface area contributed by atoms with Crippen LogP contribution in [0.15, 0.2) is 18.2 Å². The number of ether oxygens (including phenoxy) is 1. The van der Waals surface area contributed by atoms with Gasteiger partial charge in [-0.2, -0.15) is 0 Å². The second kappa shape index (κ2) is 6.38. The number of piperidine rings is 1. The molecule has 0 bridgehead atoms. The van der Waals surface area contributed by atoms with Gasteiger partial charge >= 0.3 is 5.69 Å². The van der Waals surface area contributed by atoms with Crippen molar-refractivity contribution in [3.05, 3.63) is 28.3 Å². The average molecular weight is 265 g/mol. The summed E-state index contributed by atoms with van der Waals surface area (Å²) >= 11 is 0. The van der Waals surface area contributed by atoms with Gasteiger partial charge in [0.2, 0.25) is 0 Å². The van der Waals surface area contributed by atoms with Crippen molar-refractivity contribution in [3.8, 4) is 5.75 Å². The molecule has 0 radical (unpaired) electrons. The Morgan fingerprint density at radius 1 is 1.47 bits per heavy atom. The molecule has 0 aromatic heterocycles. The molecule has 1 fully saturated rings. The van der Waals surface area contributed by atoms with Crippen LogP contribution in [0.1, 0.15) is 12.8 Å². The third kappa shape index (κ3) is 3.57. The molecule has 1 aromatic rings. The molecule has 19 heavy (non-hydrogen) atoms. The lowest BCUT2D eigenvalue weighted by Crippen LogP contribution is -2.31. The van der Waals surface area contributed by atoms with Crippen LogP contribution in [0.4, 0.5) is 11.4 Å². The summed E-state index contributed by atoms with van der Waals surface area (Å²) in [6.45, 7) is 2.95. The van der Waals surface area contributed by atoms with Gasteiger partial charge in [0.25, 0.3) is 0 Å². The molecule has 0 atom stereocenters. The van der Waals surface area contributed by atoms with Gasteiger partial charge in [-0.15, -0.1) is 0 Å². The Kier molecular flexibility index (Phi) is 4.57. The van der Waals surface area contributed by atoms with Crippen molar-refractivity contribution in [1.82, 2.24) is 5.32 Å². The second-order valence-corrected chi connectivity index (χ2v) is 4.72. The Morgan fingerprint density at radius 3 is 2.84 bits per heavy atom. The quantitative estimate of drug-likeness (QED) is 0.629. The fourth-order valence-electron chi connectivity index (χ4n) is 2.29. The highest BCUT2D eigenvalue weighted by Crippen LogP contribution is 2.29. The van der Waals surface area contributed by atoms with Gasteiger partial charge in [-0.25, -0.2) is 0 Å². The minimum atomic E-state index is -0.422. The van der Waals surface area contributed by atoms with Crippen molar-refractivity contribution < 1.29 is 9.66 Å². The van der Waals surface area contributed by atoms with E-state index in [-0.39, 0.29) is 11.4 Å². The van der Waals surface area contributed by atoms with Crippen LogP contribution in [0.3, 0.4) is 0 Å². The number of nitrogens with zero attached hydrogens (tertiary/aromatic N) is 1. The van der Waals surface area contributed by atoms with E-state index in [0.29, 0.717) is 5.92 Å². The van der Waals surface area contributed by atoms with Crippen LogP contribution in [0.2, 0.25) is 0 Å². The largest absolute Gasteiger partial charge is 0.490 e. The summed E-state index contributed by atoms with van der Waals surface area (Å²) in [5.74, 6) is 0.917. The van der Waals surface area contributed by atoms with Gasteiger partial charge in [-0.3, -0.25) is 10.1 Å². The van der Waals surface area contributed by atoms with E-state index in [9.17, 15) is 10.1 Å². The number of nitro groups is 1. The topological polar surface area (TPSA) is 76.4 Å². The predicted molar refractivity (Wildman–Crippen MR) is 73.7 cm³/mol. The Morgan fingerprint density at radius 2 is 2.21 bits per heavy atom. The van der Waals surface area contributed by atoms with Crippen LogP contribution in [0, 0.1) is 16.0 Å². The molecule has 0 amide bonds. The van der Waals surface area contributed by atoms with Gasteiger partial charge in [0.15, 0.2) is 5.75 Å². The average Bonchev–Trinajstić information content (AvgIpc) is 2.46. The first-order chi connectivity index (χ1) is 9.20. The third-order valence-corrected chi connectivity index (χ3v) is 3.43. The van der Waals surface area contributed by atoms with Crippen molar-refractivity contribution in [2.75, 3.05) is 32.1 Å². The van der Waals surface area contributed by atoms with Crippen LogP contribution in [-0.2, 0) is 0 Å². The molecule has 0 aliphatic carbocycles. The minimum absolute atomic E-state index is 0.00203. The predicted octanol–water partition coefficient (Wildman–Crippen LogP) is 2.01. The van der Waals surface area contributed by atoms with Gasteiger partial charge in [0.05, 0.1) is 12.0 Å². The lowest BCUT2D eigenvalue weighted by Gasteiger charge is -2.23. The SMILES string of the molecule is COc1ccc(NCC2CCNCC2)cc1[N+](=O)[O-]. The number of benzene rings is 1. The lowest BCUT2D eigenvalue weighted by atomic mass is 9.98. The number of nitrogens with one attached hydrogen (secondary N) is 2. The molecule has 1 heterocycles. The fraction of sp³-hybridized carbons (Fsp3) is 0.538. The van der Waals surface area contributed by atoms with Crippen molar-refractivity contribution in [2.24, 2.45) is 5.92 Å². The summed E-state index contributed by atoms with van der Waals surface area (Å²) in [7, 11) is 1.43. The fourth-order valence-corrected chi connectivity index (χ4v) is 2.29. The monoisotopic (exact) mass is 265 g/mol. The zero-order chi connectivity index (χ0) is 13.7. The number of anilines is 1. The molecule has 6 nitrogen and oxygen atoms in total. The maximum atomic E-state index is 10.9. The Hall–Kier alpha value is -1.82. The summed E-state index contributed by atoms with van der Waals surface area (Å²) in [5, 5.41) is 17.5. The smallest absolute Gasteiger partial charge is 0.312 e. The highest BCUT2D eigenvalue weighted by molar-refractivity contribution is 5.58. The maximum Gasteiger partial charge on any atom is 0.312 e. The van der Waals surface area contributed by atoms with Gasteiger partial charge in [0.1, 0.15) is 0 Å². The first-order valence-corrected chi connectivity index (χ1v) is 6.47. The molecule has 0 saturated carbocycles. The Bertz CT molecular complexity index is 445. The molecule has 104 valence electrons. The highest BCUT2D eigenvalue weighted by atomic mass is 16.6. The van der Waals surface area contributed by atoms with Crippen molar-refractivity contribution >= 4 is 11.4 Å². The first kappa shape index (κ1) is 13.6. The molecule has 6 heteroatoms. The Labute approximate surface area is 112 Å². The van der Waals surface area contributed by atoms with E-state index in [1.54, 1.807) is 6.07 Å². The number of hydrogen-bond acceptors (Lipinski definition) is 5. The number of nitro benzene ring substituents is 1. The normalized spacial score (nSPS) is 16.1. The van der Waals surface area contributed by atoms with Crippen LogP contribution < -0.4 is 15.4 Å². The molecular formula is C13H19N3O3. The molecule has 0 unspecified atom stereocenters. The van der Waals surface area contributed by atoms with E-state index >= 15 is 0 Å². The zero-order valence-corrected chi connectivity index (χ0v) is 11.0. The van der Waals surface area contributed by atoms with E-state index in [0.717, 1.165) is 38.2 Å². The Balaban J connectivity index is 2.00. The number of hydrogen-bond donors (Lipinski definition) is 2. The molecule has 2 rings (SSSR count). The molecule has 2 N–H and O–H groups in total. The van der Waals surface area contributed by atoms with Crippen molar-refractivity contribution in [3.63, 3.8) is 0 Å². The summed E-state index contributed by atoms with van der Waals surface area (Å²) in [6.07, 6.45) is 2.29. The van der Waals surface area contributed by atoms with Crippen LogP contribution in [-0.4, -0.2) is 31.7 Å². The molecule has 1 saturated heterocycles. The van der Waals surface area contributed by atoms with E-state index < -0.39 is 4.92 Å². The van der Waals surface area contributed by atoms with Crippen LogP contribution in [0.5, 0.6) is 5.75 Å². The van der Waals surface area contributed by atoms with Gasteiger partial charge in [0, 0.05) is 18.3 Å². The van der Waals surface area contributed by atoms with E-state index in [2.05, 4.69) is 10.6 Å². The first-order valence-electron chi connectivity index (χ1n) is 6.47. The molecule has 1 aliphatic rings. The van der Waals surface area contributed by atoms with Gasteiger partial charge in [-0.05, 0) is 44.0 Å². The molecule has 1 aliphatic heterocycles. The summed E-state index contributed by atoms with van der Waals surface area (Å²) < 4.78 is 4.98. The van der Waals surface area contributed by atoms with Crippen LogP contribution >= 0.6 is 0 Å². The van der Waals surface area contributed by atoms with Gasteiger partial charge < -0.3 is 15.4 Å². The van der Waals surface area contributed by atoms with E-state index in [1.807, 2.05) is 6.07 Å². The van der Waals surface area contributed by atoms with Gasteiger partial charge in [-0.1, -0.05) is 0 Å². The number of rotatable bonds is 5. The number of methoxy groups -OCH3 is 1. The van der Waals surface area contributed by atoms with E-state index in [1.165, 1.54) is 13.2 Å². The highest BCUT2D eigenvalue weighted by Gasteiger charge is 2.16. The van der Waals surface area contributed by atoms with E-state index in [4.69, 9.17) is 4.74 Å². The summed E-state index contributed by atoms with van der Waals surface area (Å²) in [4.78, 5) is 10.5. The molecular weight excluding hydrogens is 246 g/mol. The second-order valence-electron chi connectivity index (χ2n) is 4.72. The minimum Gasteiger partial charge on any atom is -0.490 e. The standard InChI is InChI=1S/C13H19N3O3/c1-19-13-3-2-11(8-12(13)16(17)18)15-9-10-4-6-14-7-5-10/h2-3,8,10,14-15H,4-7,9H2,1H3.